The molecule has 35 heavy (non-hydrogen) atoms. The minimum absolute atomic E-state index is 0.177. The number of rotatable bonds is 6. The second-order valence-corrected chi connectivity index (χ2v) is 10.6. The molecule has 2 aromatic carbocycles. The Labute approximate surface area is 212 Å². The lowest BCUT2D eigenvalue weighted by Crippen LogP contribution is -2.32. The first-order chi connectivity index (χ1) is 16.8. The molecule has 2 amide bonds. The predicted octanol–water partition coefficient (Wildman–Crippen LogP) is 6.90. The Balaban J connectivity index is 1.64. The number of benzene rings is 2. The van der Waals surface area contributed by atoms with Gasteiger partial charge in [-0.1, -0.05) is 0 Å². The van der Waals surface area contributed by atoms with Gasteiger partial charge in [0.05, 0.1) is 5.69 Å². The average Bonchev–Trinajstić information content (AvgIpc) is 3.18. The van der Waals surface area contributed by atoms with E-state index < -0.39 is 0 Å². The summed E-state index contributed by atoms with van der Waals surface area (Å²) >= 11 is 3.41. The van der Waals surface area contributed by atoms with Gasteiger partial charge in [0.15, 0.2) is 0 Å². The lowest BCUT2D eigenvalue weighted by Gasteiger charge is -2.23. The maximum Gasteiger partial charge on any atom is 0.258 e. The Morgan fingerprint density at radius 3 is 2.57 bits per heavy atom. The highest BCUT2D eigenvalue weighted by atomic mass is 32.2. The smallest absolute Gasteiger partial charge is 0.258 e. The fourth-order valence-corrected chi connectivity index (χ4v) is 6.07. The van der Waals surface area contributed by atoms with Gasteiger partial charge in [-0.05, 0) is 81.1 Å². The number of aliphatic imine (C=N–C) groups is 1. The van der Waals surface area contributed by atoms with Gasteiger partial charge >= 0.3 is 0 Å². The van der Waals surface area contributed by atoms with E-state index in [0.29, 0.717) is 29.9 Å². The third-order valence-electron chi connectivity index (χ3n) is 5.83. The number of amides is 2. The van der Waals surface area contributed by atoms with Crippen molar-refractivity contribution < 1.29 is 14.0 Å². The van der Waals surface area contributed by atoms with Gasteiger partial charge in [-0.2, -0.15) is 0 Å². The zero-order valence-corrected chi connectivity index (χ0v) is 21.5. The SMILES string of the molecule is C=N/C(C)=C(/C)SCc1cc2c(s1)-c1ccc(F)cc1N(C(=O)c1ccc(NC(C)=O)cc1)CC2. The molecule has 3 aromatic rings. The summed E-state index contributed by atoms with van der Waals surface area (Å²) in [7, 11) is 0. The summed E-state index contributed by atoms with van der Waals surface area (Å²) in [5.41, 5.74) is 4.62. The first-order valence-corrected chi connectivity index (χ1v) is 12.9. The molecule has 0 aliphatic carbocycles. The Morgan fingerprint density at radius 1 is 1.14 bits per heavy atom. The van der Waals surface area contributed by atoms with Crippen LogP contribution in [0.1, 0.15) is 41.6 Å². The highest BCUT2D eigenvalue weighted by Crippen LogP contribution is 2.43. The van der Waals surface area contributed by atoms with E-state index >= 15 is 0 Å². The number of nitrogens with one attached hydrogen (secondary N) is 1. The molecule has 180 valence electrons. The molecule has 0 saturated carbocycles. The van der Waals surface area contributed by atoms with E-state index in [1.54, 1.807) is 58.3 Å². The maximum absolute atomic E-state index is 14.3. The van der Waals surface area contributed by atoms with Crippen molar-refractivity contribution in [2.24, 2.45) is 4.99 Å². The van der Waals surface area contributed by atoms with Crippen molar-refractivity contribution in [2.45, 2.75) is 32.9 Å². The van der Waals surface area contributed by atoms with Crippen molar-refractivity contribution in [3.05, 3.63) is 81.0 Å². The van der Waals surface area contributed by atoms with Crippen LogP contribution in [-0.2, 0) is 17.0 Å². The molecule has 5 nitrogen and oxygen atoms in total. The molecule has 0 unspecified atom stereocenters. The Bertz CT molecular complexity index is 1330. The molecule has 0 saturated heterocycles. The average molecular weight is 508 g/mol. The van der Waals surface area contributed by atoms with Gasteiger partial charge in [0.25, 0.3) is 5.91 Å². The molecule has 4 rings (SSSR count). The van der Waals surface area contributed by atoms with Gasteiger partial charge in [0.1, 0.15) is 5.82 Å². The third kappa shape index (κ3) is 5.55. The molecular weight excluding hydrogens is 481 g/mol. The third-order valence-corrected chi connectivity index (χ3v) is 8.41. The largest absolute Gasteiger partial charge is 0.326 e. The van der Waals surface area contributed by atoms with Crippen LogP contribution in [0.15, 0.2) is 64.1 Å². The van der Waals surface area contributed by atoms with Crippen molar-refractivity contribution in [1.82, 2.24) is 0 Å². The number of halogens is 1. The number of nitrogens with zero attached hydrogens (tertiary/aromatic N) is 2. The van der Waals surface area contributed by atoms with E-state index in [1.165, 1.54) is 23.9 Å². The molecule has 1 aromatic heterocycles. The van der Waals surface area contributed by atoms with E-state index in [0.717, 1.165) is 32.4 Å². The molecule has 2 heterocycles. The van der Waals surface area contributed by atoms with Crippen LogP contribution in [0.5, 0.6) is 0 Å². The number of anilines is 2. The summed E-state index contributed by atoms with van der Waals surface area (Å²) in [5, 5.41) is 2.70. The van der Waals surface area contributed by atoms with Crippen molar-refractivity contribution in [3.8, 4) is 10.4 Å². The van der Waals surface area contributed by atoms with Crippen molar-refractivity contribution in [3.63, 3.8) is 0 Å². The van der Waals surface area contributed by atoms with Crippen molar-refractivity contribution in [2.75, 3.05) is 16.8 Å². The molecule has 0 bridgehead atoms. The topological polar surface area (TPSA) is 61.8 Å². The number of carbonyl (C=O) groups is 2. The van der Waals surface area contributed by atoms with Crippen LogP contribution in [0.25, 0.3) is 10.4 Å². The number of hydrogen-bond acceptors (Lipinski definition) is 5. The molecule has 8 heteroatoms. The van der Waals surface area contributed by atoms with Crippen LogP contribution in [0, 0.1) is 5.82 Å². The fraction of sp³-hybridized carbons (Fsp3) is 0.222. The predicted molar refractivity (Wildman–Crippen MR) is 145 cm³/mol. The highest BCUT2D eigenvalue weighted by molar-refractivity contribution is 8.02. The number of thiophene rings is 1. The molecule has 0 fully saturated rings. The number of allylic oxidation sites excluding steroid dienone is 2. The lowest BCUT2D eigenvalue weighted by molar-refractivity contribution is -0.114. The Kier molecular flexibility index (Phi) is 7.52. The molecular formula is C27H26FN3O2S2. The standard InChI is InChI=1S/C27H26FN3O2S2/c1-16(29-4)17(2)34-15-23-13-20-11-12-31(25-14-21(28)7-10-24(25)26(20)35-23)27(33)19-5-8-22(9-6-19)30-18(3)32/h5-10,13-14H,4,11-12,15H2,1-3H3,(H,30,32)/b17-16-. The number of carbonyl (C=O) groups excluding carboxylic acids is 2. The molecule has 0 atom stereocenters. The monoisotopic (exact) mass is 507 g/mol. The lowest BCUT2D eigenvalue weighted by atomic mass is 10.1. The first kappa shape index (κ1) is 24.9. The van der Waals surface area contributed by atoms with E-state index in [4.69, 9.17) is 0 Å². The van der Waals surface area contributed by atoms with E-state index in [2.05, 4.69) is 23.1 Å². The van der Waals surface area contributed by atoms with Gasteiger partial charge in [-0.15, -0.1) is 23.1 Å². The quantitative estimate of drug-likeness (QED) is 0.369. The van der Waals surface area contributed by atoms with E-state index in [-0.39, 0.29) is 17.6 Å². The number of fused-ring (bicyclic) bond motifs is 3. The summed E-state index contributed by atoms with van der Waals surface area (Å²) in [6.45, 7) is 9.45. The van der Waals surface area contributed by atoms with Gasteiger partial charge in [-0.3, -0.25) is 14.6 Å². The first-order valence-electron chi connectivity index (χ1n) is 11.1. The zero-order chi connectivity index (χ0) is 25.1. The second-order valence-electron chi connectivity index (χ2n) is 8.28. The van der Waals surface area contributed by atoms with E-state index in [1.807, 2.05) is 13.8 Å². The van der Waals surface area contributed by atoms with E-state index in [9.17, 15) is 14.0 Å². The van der Waals surface area contributed by atoms with Gasteiger partial charge in [-0.25, -0.2) is 4.39 Å². The fourth-order valence-electron chi connectivity index (χ4n) is 3.90. The van der Waals surface area contributed by atoms with Crippen LogP contribution >= 0.6 is 23.1 Å². The summed E-state index contributed by atoms with van der Waals surface area (Å²) in [5.74, 6) is 0.0522. The highest BCUT2D eigenvalue weighted by Gasteiger charge is 2.27. The molecule has 1 aliphatic rings. The van der Waals surface area contributed by atoms with Crippen LogP contribution in [-0.4, -0.2) is 25.1 Å². The molecule has 1 aliphatic heterocycles. The van der Waals surface area contributed by atoms with Gasteiger partial charge in [0.2, 0.25) is 5.91 Å². The van der Waals surface area contributed by atoms with Gasteiger partial charge < -0.3 is 10.2 Å². The van der Waals surface area contributed by atoms with Crippen molar-refractivity contribution >= 4 is 53.0 Å². The van der Waals surface area contributed by atoms with Crippen LogP contribution in [0.3, 0.4) is 0 Å². The Hall–Kier alpha value is -3.23. The summed E-state index contributed by atoms with van der Waals surface area (Å²) in [6.07, 6.45) is 0.671. The summed E-state index contributed by atoms with van der Waals surface area (Å²) in [4.78, 5) is 33.8. The number of thioether (sulfide) groups is 1. The summed E-state index contributed by atoms with van der Waals surface area (Å²) < 4.78 is 14.3. The number of hydrogen-bond donors (Lipinski definition) is 1. The van der Waals surface area contributed by atoms with Crippen LogP contribution in [0.2, 0.25) is 0 Å². The van der Waals surface area contributed by atoms with Crippen LogP contribution in [0.4, 0.5) is 15.8 Å². The Morgan fingerprint density at radius 2 is 1.89 bits per heavy atom. The minimum atomic E-state index is -0.383. The minimum Gasteiger partial charge on any atom is -0.326 e. The molecule has 0 spiro atoms. The molecule has 1 N–H and O–H groups in total. The zero-order valence-electron chi connectivity index (χ0n) is 19.9. The van der Waals surface area contributed by atoms with Crippen LogP contribution < -0.4 is 10.2 Å². The summed E-state index contributed by atoms with van der Waals surface area (Å²) in [6, 6.07) is 13.6. The second kappa shape index (κ2) is 10.6. The molecule has 0 radical (unpaired) electrons. The van der Waals surface area contributed by atoms with Gasteiger partial charge in [0, 0.05) is 56.4 Å². The normalized spacial score (nSPS) is 13.3. The maximum atomic E-state index is 14.3. The van der Waals surface area contributed by atoms with Crippen molar-refractivity contribution in [1.29, 1.82) is 0 Å².